The Morgan fingerprint density at radius 3 is 2.18 bits per heavy atom. The van der Waals surface area contributed by atoms with Gasteiger partial charge in [0.2, 0.25) is 5.91 Å². The maximum absolute atomic E-state index is 12.8. The lowest BCUT2D eigenvalue weighted by atomic mass is 9.79. The van der Waals surface area contributed by atoms with Gasteiger partial charge in [-0.15, -0.1) is 0 Å². The average molecular weight is 463 g/mol. The topological polar surface area (TPSA) is 95.9 Å². The van der Waals surface area contributed by atoms with E-state index in [9.17, 15) is 14.4 Å². The van der Waals surface area contributed by atoms with Gasteiger partial charge in [0.15, 0.2) is 0 Å². The number of carboxylic acids is 1. The number of fused-ring (bicyclic) bond motifs is 3. The lowest BCUT2D eigenvalue weighted by Crippen LogP contribution is -2.49. The molecule has 2 aromatic carbocycles. The van der Waals surface area contributed by atoms with Crippen molar-refractivity contribution >= 4 is 18.0 Å². The van der Waals surface area contributed by atoms with Gasteiger partial charge in [-0.05, 0) is 53.9 Å². The molecule has 34 heavy (non-hydrogen) atoms. The summed E-state index contributed by atoms with van der Waals surface area (Å²) in [5, 5.41) is 12.0. The summed E-state index contributed by atoms with van der Waals surface area (Å²) in [5.41, 5.74) is 4.68. The van der Waals surface area contributed by atoms with E-state index in [1.807, 2.05) is 24.3 Å². The maximum atomic E-state index is 12.8. The van der Waals surface area contributed by atoms with Crippen LogP contribution in [0.5, 0.6) is 0 Å². The van der Waals surface area contributed by atoms with E-state index in [4.69, 9.17) is 9.84 Å². The van der Waals surface area contributed by atoms with Crippen LogP contribution in [0.2, 0.25) is 0 Å². The van der Waals surface area contributed by atoms with Gasteiger partial charge in [-0.3, -0.25) is 9.59 Å². The number of carbonyl (C=O) groups is 3. The molecular weight excluding hydrogens is 432 g/mol. The van der Waals surface area contributed by atoms with Crippen molar-refractivity contribution in [3.8, 4) is 11.1 Å². The van der Waals surface area contributed by atoms with Crippen LogP contribution < -0.4 is 5.32 Å². The van der Waals surface area contributed by atoms with Crippen molar-refractivity contribution in [1.82, 2.24) is 10.2 Å². The third-order valence-electron chi connectivity index (χ3n) is 7.64. The molecule has 0 spiro atoms. The summed E-state index contributed by atoms with van der Waals surface area (Å²) in [4.78, 5) is 38.2. The minimum atomic E-state index is -0.801. The van der Waals surface area contributed by atoms with E-state index in [1.165, 1.54) is 11.1 Å². The van der Waals surface area contributed by atoms with Gasteiger partial charge in [-0.1, -0.05) is 48.5 Å². The predicted octanol–water partition coefficient (Wildman–Crippen LogP) is 4.02. The standard InChI is InChI=1S/C27H30N2O5/c1-29(18-12-17(13-18)26(31)32)25(30)14-24(16-10-11-16)28-27(33)34-15-23-21-8-4-2-6-19(21)20-7-3-5-9-22(20)23/h2-9,16-18,23-24H,10-15H2,1H3,(H,28,33)(H,31,32). The summed E-state index contributed by atoms with van der Waals surface area (Å²) < 4.78 is 5.67. The molecule has 0 radical (unpaired) electrons. The second kappa shape index (κ2) is 9.12. The van der Waals surface area contributed by atoms with Crippen molar-refractivity contribution in [2.75, 3.05) is 13.7 Å². The van der Waals surface area contributed by atoms with Crippen molar-refractivity contribution in [1.29, 1.82) is 0 Å². The summed E-state index contributed by atoms with van der Waals surface area (Å²) in [6.07, 6.45) is 2.66. The molecule has 2 fully saturated rings. The van der Waals surface area contributed by atoms with Gasteiger partial charge in [0.1, 0.15) is 6.61 Å². The fourth-order valence-electron chi connectivity index (χ4n) is 5.27. The molecule has 7 nitrogen and oxygen atoms in total. The molecule has 2 aromatic rings. The minimum absolute atomic E-state index is 0.00825. The smallest absolute Gasteiger partial charge is 0.407 e. The molecule has 1 unspecified atom stereocenters. The van der Waals surface area contributed by atoms with Crippen LogP contribution >= 0.6 is 0 Å². The summed E-state index contributed by atoms with van der Waals surface area (Å²) >= 11 is 0. The zero-order valence-corrected chi connectivity index (χ0v) is 19.3. The highest BCUT2D eigenvalue weighted by Crippen LogP contribution is 2.44. The molecule has 3 aliphatic rings. The number of hydrogen-bond donors (Lipinski definition) is 2. The number of rotatable bonds is 8. The first-order valence-electron chi connectivity index (χ1n) is 12.0. The summed E-state index contributed by atoms with van der Waals surface area (Å²) in [7, 11) is 1.72. The van der Waals surface area contributed by atoms with Crippen LogP contribution in [0.4, 0.5) is 4.79 Å². The lowest BCUT2D eigenvalue weighted by molar-refractivity contribution is -0.150. The van der Waals surface area contributed by atoms with Gasteiger partial charge in [0, 0.05) is 31.5 Å². The van der Waals surface area contributed by atoms with Gasteiger partial charge in [0.05, 0.1) is 5.92 Å². The molecule has 0 bridgehead atoms. The van der Waals surface area contributed by atoms with Gasteiger partial charge < -0.3 is 20.1 Å². The van der Waals surface area contributed by atoms with Crippen molar-refractivity contribution < 1.29 is 24.2 Å². The molecule has 178 valence electrons. The third kappa shape index (κ3) is 4.39. The summed E-state index contributed by atoms with van der Waals surface area (Å²) in [6, 6.07) is 16.1. The van der Waals surface area contributed by atoms with Crippen molar-refractivity contribution in [3.05, 3.63) is 59.7 Å². The molecule has 7 heteroatoms. The van der Waals surface area contributed by atoms with Crippen molar-refractivity contribution in [2.24, 2.45) is 11.8 Å². The van der Waals surface area contributed by atoms with E-state index in [0.717, 1.165) is 24.0 Å². The second-order valence-electron chi connectivity index (χ2n) is 9.78. The largest absolute Gasteiger partial charge is 0.481 e. The molecule has 5 rings (SSSR count). The minimum Gasteiger partial charge on any atom is -0.481 e. The Hall–Kier alpha value is -3.35. The van der Waals surface area contributed by atoms with Gasteiger partial charge in [-0.2, -0.15) is 0 Å². The highest BCUT2D eigenvalue weighted by molar-refractivity contribution is 5.80. The highest BCUT2D eigenvalue weighted by atomic mass is 16.5. The van der Waals surface area contributed by atoms with Crippen LogP contribution in [0.1, 0.15) is 49.1 Å². The van der Waals surface area contributed by atoms with E-state index >= 15 is 0 Å². The molecule has 0 heterocycles. The highest BCUT2D eigenvalue weighted by Gasteiger charge is 2.40. The van der Waals surface area contributed by atoms with E-state index in [1.54, 1.807) is 11.9 Å². The Bertz CT molecular complexity index is 1060. The number of carboxylic acid groups (broad SMARTS) is 1. The molecular formula is C27H30N2O5. The number of amides is 2. The Kier molecular flexibility index (Phi) is 6.02. The predicted molar refractivity (Wildman–Crippen MR) is 126 cm³/mol. The average Bonchev–Trinajstić information content (AvgIpc) is 3.59. The van der Waals surface area contributed by atoms with Crippen LogP contribution in [0.25, 0.3) is 11.1 Å². The fourth-order valence-corrected chi connectivity index (χ4v) is 5.27. The monoisotopic (exact) mass is 462 g/mol. The lowest BCUT2D eigenvalue weighted by Gasteiger charge is -2.39. The first-order chi connectivity index (χ1) is 16.4. The van der Waals surface area contributed by atoms with Crippen LogP contribution in [0, 0.1) is 11.8 Å². The van der Waals surface area contributed by atoms with Crippen LogP contribution in [-0.4, -0.2) is 53.7 Å². The Balaban J connectivity index is 1.17. The van der Waals surface area contributed by atoms with Crippen molar-refractivity contribution in [3.63, 3.8) is 0 Å². The Morgan fingerprint density at radius 2 is 1.62 bits per heavy atom. The number of hydrogen-bond acceptors (Lipinski definition) is 4. The molecule has 2 saturated carbocycles. The zero-order chi connectivity index (χ0) is 23.8. The van der Waals surface area contributed by atoms with E-state index in [-0.39, 0.29) is 48.8 Å². The SMILES string of the molecule is CN(C(=O)CC(NC(=O)OCC1c2ccccc2-c2ccccc21)C1CC1)C1CC(C(=O)O)C1. The van der Waals surface area contributed by atoms with Crippen LogP contribution in [0.15, 0.2) is 48.5 Å². The molecule has 3 aliphatic carbocycles. The number of alkyl carbamates (subject to hydrolysis) is 1. The van der Waals surface area contributed by atoms with Crippen LogP contribution in [-0.2, 0) is 14.3 Å². The normalized spacial score (nSPS) is 21.6. The molecule has 1 atom stereocenters. The van der Waals surface area contributed by atoms with E-state index in [0.29, 0.717) is 12.8 Å². The first-order valence-corrected chi connectivity index (χ1v) is 12.0. The van der Waals surface area contributed by atoms with Gasteiger partial charge in [0.25, 0.3) is 0 Å². The maximum Gasteiger partial charge on any atom is 0.407 e. The van der Waals surface area contributed by atoms with Gasteiger partial charge in [-0.25, -0.2) is 4.79 Å². The fraction of sp³-hybridized carbons (Fsp3) is 0.444. The van der Waals surface area contributed by atoms with Crippen molar-refractivity contribution in [2.45, 2.75) is 50.1 Å². The number of nitrogens with zero attached hydrogens (tertiary/aromatic N) is 1. The number of ether oxygens (including phenoxy) is 1. The molecule has 2 N–H and O–H groups in total. The quantitative estimate of drug-likeness (QED) is 0.618. The molecule has 0 aromatic heterocycles. The van der Waals surface area contributed by atoms with E-state index < -0.39 is 12.1 Å². The Labute approximate surface area is 199 Å². The number of nitrogens with one attached hydrogen (secondary N) is 1. The third-order valence-corrected chi connectivity index (χ3v) is 7.64. The summed E-state index contributed by atoms with van der Waals surface area (Å²) in [5.74, 6) is -0.954. The van der Waals surface area contributed by atoms with Gasteiger partial charge >= 0.3 is 12.1 Å². The zero-order valence-electron chi connectivity index (χ0n) is 19.3. The van der Waals surface area contributed by atoms with E-state index in [2.05, 4.69) is 29.6 Å². The first kappa shape index (κ1) is 22.4. The number of aliphatic carboxylic acids is 1. The molecule has 0 saturated heterocycles. The summed E-state index contributed by atoms with van der Waals surface area (Å²) in [6.45, 7) is 0.240. The molecule has 2 amide bonds. The number of carbonyl (C=O) groups excluding carboxylic acids is 2. The number of benzene rings is 2. The van der Waals surface area contributed by atoms with Crippen LogP contribution in [0.3, 0.4) is 0 Å². The molecule has 0 aliphatic heterocycles. The Morgan fingerprint density at radius 1 is 1.03 bits per heavy atom. The second-order valence-corrected chi connectivity index (χ2v) is 9.78.